The van der Waals surface area contributed by atoms with Crippen LogP contribution in [0.4, 0.5) is 5.69 Å². The zero-order valence-electron chi connectivity index (χ0n) is 15.4. The van der Waals surface area contributed by atoms with Crippen LogP contribution in [0.3, 0.4) is 0 Å². The van der Waals surface area contributed by atoms with Crippen LogP contribution in [0, 0.1) is 10.1 Å². The molecule has 1 aliphatic heterocycles. The maximum Gasteiger partial charge on any atom is 0.289 e. The fraction of sp³-hybridized carbons (Fsp3) is 0.300. The molecule has 7 nitrogen and oxygen atoms in total. The maximum absolute atomic E-state index is 13.1. The van der Waals surface area contributed by atoms with Crippen molar-refractivity contribution in [2.45, 2.75) is 24.3 Å². The molecule has 0 radical (unpaired) electrons. The van der Waals surface area contributed by atoms with Crippen LogP contribution in [0.5, 0.6) is 0 Å². The average Bonchev–Trinajstić information content (AvgIpc) is 2.95. The number of sulfonamides is 1. The quantitative estimate of drug-likeness (QED) is 0.402. The first-order valence-corrected chi connectivity index (χ1v) is 10.5. The van der Waals surface area contributed by atoms with Gasteiger partial charge in [0.15, 0.2) is 4.90 Å². The zero-order chi connectivity index (χ0) is 20.0. The molecule has 0 bridgehead atoms. The van der Waals surface area contributed by atoms with Crippen molar-refractivity contribution in [2.75, 3.05) is 19.7 Å². The fourth-order valence-corrected chi connectivity index (χ4v) is 4.73. The van der Waals surface area contributed by atoms with E-state index in [1.54, 1.807) is 0 Å². The van der Waals surface area contributed by atoms with E-state index in [0.29, 0.717) is 26.2 Å². The number of hydrogen-bond donors (Lipinski definition) is 0. The predicted molar refractivity (Wildman–Crippen MR) is 105 cm³/mol. The Bertz CT molecular complexity index is 958. The summed E-state index contributed by atoms with van der Waals surface area (Å²) in [5.41, 5.74) is 1.49. The van der Waals surface area contributed by atoms with E-state index >= 15 is 0 Å². The number of allylic oxidation sites excluding steroid dienone is 1. The van der Waals surface area contributed by atoms with E-state index in [9.17, 15) is 18.5 Å². The smallest absolute Gasteiger partial charge is 0.289 e. The molecule has 2 aromatic carbocycles. The molecule has 0 unspecified atom stereocenters. The highest BCUT2D eigenvalue weighted by atomic mass is 32.2. The summed E-state index contributed by atoms with van der Waals surface area (Å²) in [6, 6.07) is 15.2. The molecule has 3 rings (SSSR count). The lowest BCUT2D eigenvalue weighted by molar-refractivity contribution is -0.387. The number of para-hydroxylation sites is 1. The van der Waals surface area contributed by atoms with Crippen molar-refractivity contribution >= 4 is 15.7 Å². The summed E-state index contributed by atoms with van der Waals surface area (Å²) in [5, 5.41) is 11.3. The average molecular weight is 402 g/mol. The normalized spacial score (nSPS) is 15.6. The number of nitrogens with zero attached hydrogens (tertiary/aromatic N) is 2. The van der Waals surface area contributed by atoms with Gasteiger partial charge in [-0.2, -0.15) is 4.31 Å². The Hall–Kier alpha value is -2.55. The second-order valence-corrected chi connectivity index (χ2v) is 8.45. The number of rotatable bonds is 7. The third kappa shape index (κ3) is 4.83. The zero-order valence-corrected chi connectivity index (χ0v) is 16.2. The molecule has 2 aromatic rings. The summed E-state index contributed by atoms with van der Waals surface area (Å²) in [5.74, 6) is 0. The van der Waals surface area contributed by atoms with Crippen molar-refractivity contribution in [1.29, 1.82) is 0 Å². The van der Waals surface area contributed by atoms with Crippen LogP contribution in [-0.4, -0.2) is 37.3 Å². The Kier molecular flexibility index (Phi) is 6.56. The van der Waals surface area contributed by atoms with Gasteiger partial charge < -0.3 is 4.74 Å². The second kappa shape index (κ2) is 9.09. The number of nitro benzene ring substituents is 1. The largest absolute Gasteiger partial charge is 0.372 e. The lowest BCUT2D eigenvalue weighted by Gasteiger charge is -2.21. The summed E-state index contributed by atoms with van der Waals surface area (Å²) in [4.78, 5) is 10.3. The predicted octanol–water partition coefficient (Wildman–Crippen LogP) is 3.52. The van der Waals surface area contributed by atoms with Crippen molar-refractivity contribution in [2.24, 2.45) is 0 Å². The van der Waals surface area contributed by atoms with E-state index in [1.807, 2.05) is 36.4 Å². The number of ether oxygens (including phenoxy) is 1. The molecule has 0 amide bonds. The molecule has 0 saturated heterocycles. The van der Waals surface area contributed by atoms with Crippen LogP contribution >= 0.6 is 0 Å². The molecule has 8 heteroatoms. The first-order valence-electron chi connectivity index (χ1n) is 9.01. The van der Waals surface area contributed by atoms with Gasteiger partial charge in [0.1, 0.15) is 0 Å². The molecule has 1 aliphatic rings. The van der Waals surface area contributed by atoms with Crippen LogP contribution in [0.2, 0.25) is 0 Å². The van der Waals surface area contributed by atoms with E-state index in [0.717, 1.165) is 17.6 Å². The third-order valence-electron chi connectivity index (χ3n) is 4.50. The van der Waals surface area contributed by atoms with E-state index in [2.05, 4.69) is 0 Å². The van der Waals surface area contributed by atoms with Crippen LogP contribution in [0.25, 0.3) is 0 Å². The molecule has 0 saturated carbocycles. The van der Waals surface area contributed by atoms with Gasteiger partial charge >= 0.3 is 0 Å². The van der Waals surface area contributed by atoms with Gasteiger partial charge in [-0.25, -0.2) is 8.42 Å². The molecule has 28 heavy (non-hydrogen) atoms. The Labute approximate surface area is 164 Å². The van der Waals surface area contributed by atoms with Gasteiger partial charge in [-0.15, -0.1) is 0 Å². The Morgan fingerprint density at radius 1 is 1.04 bits per heavy atom. The standard InChI is InChI=1S/C20H22N2O5S/c23-22(24)19-11-4-5-12-20(19)28(25,26)21-13-7-6-10-18(14-21)16-27-15-17-8-2-1-3-9-17/h1-5,8-12H,6-7,13-16H2. The summed E-state index contributed by atoms with van der Waals surface area (Å²) >= 11 is 0. The van der Waals surface area contributed by atoms with Gasteiger partial charge in [0.05, 0.1) is 18.1 Å². The summed E-state index contributed by atoms with van der Waals surface area (Å²) in [6.45, 7) is 1.24. The van der Waals surface area contributed by atoms with Crippen molar-refractivity contribution in [3.05, 3.63) is 81.9 Å². The number of benzene rings is 2. The van der Waals surface area contributed by atoms with Gasteiger partial charge in [-0.1, -0.05) is 48.5 Å². The molecular formula is C20H22N2O5S. The molecule has 0 aromatic heterocycles. The summed E-state index contributed by atoms with van der Waals surface area (Å²) in [7, 11) is -3.98. The minimum absolute atomic E-state index is 0.170. The van der Waals surface area contributed by atoms with Gasteiger partial charge in [0, 0.05) is 19.2 Å². The van der Waals surface area contributed by atoms with Gasteiger partial charge in [0.25, 0.3) is 5.69 Å². The first-order chi connectivity index (χ1) is 13.5. The Balaban J connectivity index is 1.72. The molecule has 0 aliphatic carbocycles. The van der Waals surface area contributed by atoms with E-state index in [4.69, 9.17) is 4.74 Å². The summed E-state index contributed by atoms with van der Waals surface area (Å²) in [6.07, 6.45) is 3.40. The van der Waals surface area contributed by atoms with Crippen LogP contribution in [-0.2, 0) is 21.4 Å². The summed E-state index contributed by atoms with van der Waals surface area (Å²) < 4.78 is 33.2. The highest BCUT2D eigenvalue weighted by molar-refractivity contribution is 7.89. The van der Waals surface area contributed by atoms with E-state index < -0.39 is 20.6 Å². The Morgan fingerprint density at radius 3 is 2.50 bits per heavy atom. The fourth-order valence-electron chi connectivity index (χ4n) is 3.09. The topological polar surface area (TPSA) is 89.8 Å². The number of hydrogen-bond acceptors (Lipinski definition) is 5. The van der Waals surface area contributed by atoms with Crippen molar-refractivity contribution < 1.29 is 18.1 Å². The monoisotopic (exact) mass is 402 g/mol. The van der Waals surface area contributed by atoms with E-state index in [-0.39, 0.29) is 11.4 Å². The minimum Gasteiger partial charge on any atom is -0.372 e. The van der Waals surface area contributed by atoms with Crippen molar-refractivity contribution in [1.82, 2.24) is 4.31 Å². The molecule has 0 atom stereocenters. The SMILES string of the molecule is O=[N+]([O-])c1ccccc1S(=O)(=O)N1CCCC=C(COCc2ccccc2)C1. The van der Waals surface area contributed by atoms with Crippen LogP contribution in [0.1, 0.15) is 18.4 Å². The van der Waals surface area contributed by atoms with Crippen LogP contribution in [0.15, 0.2) is 71.1 Å². The van der Waals surface area contributed by atoms with E-state index in [1.165, 1.54) is 28.6 Å². The lowest BCUT2D eigenvalue weighted by atomic mass is 10.2. The minimum atomic E-state index is -3.98. The third-order valence-corrected chi connectivity index (χ3v) is 6.40. The first kappa shape index (κ1) is 20.2. The molecular weight excluding hydrogens is 380 g/mol. The molecule has 0 spiro atoms. The highest BCUT2D eigenvalue weighted by Crippen LogP contribution is 2.28. The lowest BCUT2D eigenvalue weighted by Crippen LogP contribution is -2.34. The molecule has 0 N–H and O–H groups in total. The van der Waals surface area contributed by atoms with Crippen molar-refractivity contribution in [3.8, 4) is 0 Å². The molecule has 1 heterocycles. The van der Waals surface area contributed by atoms with Crippen molar-refractivity contribution in [3.63, 3.8) is 0 Å². The van der Waals surface area contributed by atoms with Gasteiger partial charge in [-0.3, -0.25) is 10.1 Å². The molecule has 0 fully saturated rings. The molecule has 148 valence electrons. The highest BCUT2D eigenvalue weighted by Gasteiger charge is 2.32. The maximum atomic E-state index is 13.1. The van der Waals surface area contributed by atoms with Gasteiger partial charge in [0.2, 0.25) is 10.0 Å². The van der Waals surface area contributed by atoms with Gasteiger partial charge in [-0.05, 0) is 30.0 Å². The van der Waals surface area contributed by atoms with Crippen LogP contribution < -0.4 is 0 Å². The number of nitro groups is 1. The Morgan fingerprint density at radius 2 is 1.75 bits per heavy atom. The second-order valence-electron chi connectivity index (χ2n) is 6.55.